The van der Waals surface area contributed by atoms with Gasteiger partial charge in [0.25, 0.3) is 15.9 Å². The van der Waals surface area contributed by atoms with Crippen LogP contribution < -0.4 is 9.62 Å². The average molecular weight is 382 g/mol. The van der Waals surface area contributed by atoms with Crippen molar-refractivity contribution in [1.29, 1.82) is 0 Å². The minimum absolute atomic E-state index is 0.0710. The molecule has 8 heteroatoms. The lowest BCUT2D eigenvalue weighted by Crippen LogP contribution is -2.26. The van der Waals surface area contributed by atoms with Gasteiger partial charge in [0.15, 0.2) is 0 Å². The summed E-state index contributed by atoms with van der Waals surface area (Å²) in [4.78, 5) is 20.4. The summed E-state index contributed by atoms with van der Waals surface area (Å²) in [6.07, 6.45) is 2.86. The number of aromatic nitrogens is 2. The molecular formula is C19H18N4O3S. The molecule has 0 atom stereocenters. The summed E-state index contributed by atoms with van der Waals surface area (Å²) in [5, 5.41) is 2.64. The van der Waals surface area contributed by atoms with Crippen molar-refractivity contribution in [3.05, 3.63) is 78.4 Å². The topological polar surface area (TPSA) is 92.3 Å². The number of benzene rings is 2. The number of aryl methyl sites for hydroxylation is 1. The van der Waals surface area contributed by atoms with E-state index in [1.54, 1.807) is 43.3 Å². The van der Waals surface area contributed by atoms with E-state index in [9.17, 15) is 13.2 Å². The quantitative estimate of drug-likeness (QED) is 0.732. The highest BCUT2D eigenvalue weighted by molar-refractivity contribution is 7.92. The van der Waals surface area contributed by atoms with Crippen LogP contribution in [-0.2, 0) is 10.0 Å². The van der Waals surface area contributed by atoms with Gasteiger partial charge in [0.1, 0.15) is 5.69 Å². The number of carbonyl (C=O) groups excluding carboxylic acids is 1. The first-order valence-corrected chi connectivity index (χ1v) is 9.56. The third-order valence-electron chi connectivity index (χ3n) is 3.88. The summed E-state index contributed by atoms with van der Waals surface area (Å²) in [7, 11) is -2.28. The molecule has 1 amide bonds. The maximum absolute atomic E-state index is 12.9. The third-order valence-corrected chi connectivity index (χ3v) is 5.67. The fourth-order valence-corrected chi connectivity index (χ4v) is 3.62. The number of nitrogens with zero attached hydrogens (tertiary/aromatic N) is 3. The third kappa shape index (κ3) is 4.12. The number of hydrogen-bond donors (Lipinski definition) is 1. The first-order chi connectivity index (χ1) is 12.9. The normalized spacial score (nSPS) is 11.0. The van der Waals surface area contributed by atoms with Crippen LogP contribution in [0.1, 0.15) is 16.2 Å². The molecule has 0 radical (unpaired) electrons. The van der Waals surface area contributed by atoms with Crippen LogP contribution in [0, 0.1) is 6.92 Å². The minimum Gasteiger partial charge on any atom is -0.321 e. The molecule has 27 heavy (non-hydrogen) atoms. The number of hydrogen-bond acceptors (Lipinski definition) is 5. The molecule has 1 aromatic heterocycles. The Morgan fingerprint density at radius 3 is 2.41 bits per heavy atom. The van der Waals surface area contributed by atoms with E-state index < -0.39 is 15.9 Å². The highest BCUT2D eigenvalue weighted by Crippen LogP contribution is 2.23. The van der Waals surface area contributed by atoms with Crippen LogP contribution in [0.5, 0.6) is 0 Å². The SMILES string of the molecule is Cc1cnc(C(=O)Nc2cccc(S(=O)(=O)N(C)c3ccccc3)c2)cn1. The summed E-state index contributed by atoms with van der Waals surface area (Å²) < 4.78 is 26.9. The molecule has 7 nitrogen and oxygen atoms in total. The van der Waals surface area contributed by atoms with Crippen molar-refractivity contribution in [3.8, 4) is 0 Å². The lowest BCUT2D eigenvalue weighted by atomic mass is 10.3. The molecule has 0 fully saturated rings. The van der Waals surface area contributed by atoms with Crippen molar-refractivity contribution >= 4 is 27.3 Å². The van der Waals surface area contributed by atoms with E-state index in [1.165, 1.54) is 35.9 Å². The Morgan fingerprint density at radius 1 is 1.00 bits per heavy atom. The van der Waals surface area contributed by atoms with Crippen molar-refractivity contribution in [3.63, 3.8) is 0 Å². The Balaban J connectivity index is 1.84. The van der Waals surface area contributed by atoms with Gasteiger partial charge in [-0.05, 0) is 37.3 Å². The van der Waals surface area contributed by atoms with Gasteiger partial charge in [-0.1, -0.05) is 24.3 Å². The molecule has 0 aliphatic carbocycles. The van der Waals surface area contributed by atoms with Crippen molar-refractivity contribution in [2.45, 2.75) is 11.8 Å². The van der Waals surface area contributed by atoms with Gasteiger partial charge in [0.05, 0.1) is 22.5 Å². The predicted molar refractivity (Wildman–Crippen MR) is 103 cm³/mol. The highest BCUT2D eigenvalue weighted by Gasteiger charge is 2.21. The molecule has 2 aromatic carbocycles. The van der Waals surface area contributed by atoms with Crippen molar-refractivity contribution in [2.75, 3.05) is 16.7 Å². The summed E-state index contributed by atoms with van der Waals surface area (Å²) in [6, 6.07) is 14.8. The number of para-hydroxylation sites is 1. The van der Waals surface area contributed by atoms with Gasteiger partial charge in [0, 0.05) is 18.9 Å². The summed E-state index contributed by atoms with van der Waals surface area (Å²) in [6.45, 7) is 1.77. The predicted octanol–water partition coefficient (Wildman–Crippen LogP) is 2.86. The fraction of sp³-hybridized carbons (Fsp3) is 0.105. The van der Waals surface area contributed by atoms with Crippen molar-refractivity contribution in [2.24, 2.45) is 0 Å². The molecule has 0 unspecified atom stereocenters. The van der Waals surface area contributed by atoms with Crippen LogP contribution in [0.25, 0.3) is 0 Å². The molecule has 0 bridgehead atoms. The number of anilines is 2. The van der Waals surface area contributed by atoms with E-state index in [-0.39, 0.29) is 10.6 Å². The number of sulfonamides is 1. The maximum Gasteiger partial charge on any atom is 0.275 e. The van der Waals surface area contributed by atoms with E-state index in [0.29, 0.717) is 17.1 Å². The zero-order valence-corrected chi connectivity index (χ0v) is 15.6. The Bertz CT molecular complexity index is 1050. The van der Waals surface area contributed by atoms with Crippen LogP contribution in [0.15, 0.2) is 71.9 Å². The van der Waals surface area contributed by atoms with Crippen LogP contribution in [-0.4, -0.2) is 31.3 Å². The second-order valence-electron chi connectivity index (χ2n) is 5.83. The van der Waals surface area contributed by atoms with Crippen LogP contribution in [0.3, 0.4) is 0 Å². The first kappa shape index (κ1) is 18.5. The maximum atomic E-state index is 12.9. The van der Waals surface area contributed by atoms with E-state index in [4.69, 9.17) is 0 Å². The van der Waals surface area contributed by atoms with Gasteiger partial charge in [-0.2, -0.15) is 0 Å². The van der Waals surface area contributed by atoms with Crippen molar-refractivity contribution < 1.29 is 13.2 Å². The first-order valence-electron chi connectivity index (χ1n) is 8.12. The zero-order valence-electron chi connectivity index (χ0n) is 14.8. The summed E-state index contributed by atoms with van der Waals surface area (Å²) in [5.41, 5.74) is 1.74. The van der Waals surface area contributed by atoms with Gasteiger partial charge < -0.3 is 5.32 Å². The standard InChI is InChI=1S/C19H18N4O3S/c1-14-12-21-18(13-20-14)19(24)22-15-7-6-10-17(11-15)27(25,26)23(2)16-8-4-3-5-9-16/h3-13H,1-2H3,(H,22,24). The smallest absolute Gasteiger partial charge is 0.275 e. The minimum atomic E-state index is -3.77. The molecule has 0 saturated carbocycles. The van der Waals surface area contributed by atoms with Gasteiger partial charge in [-0.3, -0.25) is 14.1 Å². The second-order valence-corrected chi connectivity index (χ2v) is 7.80. The lowest BCUT2D eigenvalue weighted by Gasteiger charge is -2.19. The molecule has 0 aliphatic heterocycles. The second kappa shape index (κ2) is 7.55. The monoisotopic (exact) mass is 382 g/mol. The molecule has 138 valence electrons. The molecule has 0 saturated heterocycles. The van der Waals surface area contributed by atoms with Crippen molar-refractivity contribution in [1.82, 2.24) is 9.97 Å². The lowest BCUT2D eigenvalue weighted by molar-refractivity contribution is 0.102. The van der Waals surface area contributed by atoms with Gasteiger partial charge >= 0.3 is 0 Å². The molecule has 3 rings (SSSR count). The van der Waals surface area contributed by atoms with Gasteiger partial charge in [-0.25, -0.2) is 13.4 Å². The Hall–Kier alpha value is -3.26. The Morgan fingerprint density at radius 2 is 1.74 bits per heavy atom. The van der Waals surface area contributed by atoms with E-state index in [2.05, 4.69) is 15.3 Å². The largest absolute Gasteiger partial charge is 0.321 e. The zero-order chi connectivity index (χ0) is 19.4. The highest BCUT2D eigenvalue weighted by atomic mass is 32.2. The van der Waals surface area contributed by atoms with Gasteiger partial charge in [-0.15, -0.1) is 0 Å². The van der Waals surface area contributed by atoms with Crippen LogP contribution >= 0.6 is 0 Å². The number of rotatable bonds is 5. The fourth-order valence-electron chi connectivity index (χ4n) is 2.37. The molecule has 3 aromatic rings. The average Bonchev–Trinajstić information content (AvgIpc) is 2.68. The number of carbonyl (C=O) groups is 1. The number of amides is 1. The summed E-state index contributed by atoms with van der Waals surface area (Å²) in [5.74, 6) is -0.464. The summed E-state index contributed by atoms with van der Waals surface area (Å²) >= 11 is 0. The molecule has 0 spiro atoms. The van der Waals surface area contributed by atoms with E-state index in [0.717, 1.165) is 0 Å². The van der Waals surface area contributed by atoms with Crippen LogP contribution in [0.4, 0.5) is 11.4 Å². The Labute approximate surface area is 157 Å². The van der Waals surface area contributed by atoms with Gasteiger partial charge in [0.2, 0.25) is 0 Å². The van der Waals surface area contributed by atoms with Crippen LogP contribution in [0.2, 0.25) is 0 Å². The number of nitrogens with one attached hydrogen (secondary N) is 1. The van der Waals surface area contributed by atoms with E-state index >= 15 is 0 Å². The molecule has 1 heterocycles. The molecule has 0 aliphatic rings. The Kier molecular flexibility index (Phi) is 5.18. The molecule has 1 N–H and O–H groups in total. The van der Waals surface area contributed by atoms with E-state index in [1.807, 2.05) is 6.07 Å². The molecular weight excluding hydrogens is 364 g/mol.